The second-order valence-electron chi connectivity index (χ2n) is 6.28. The molecule has 3 aromatic rings. The van der Waals surface area contributed by atoms with Crippen LogP contribution in [-0.4, -0.2) is 29.5 Å². The molecule has 3 heterocycles. The summed E-state index contributed by atoms with van der Waals surface area (Å²) in [4.78, 5) is 4.85. The van der Waals surface area contributed by atoms with Crippen LogP contribution >= 0.6 is 12.2 Å². The Bertz CT molecular complexity index is 944. The van der Waals surface area contributed by atoms with Crippen molar-refractivity contribution >= 4 is 23.3 Å². The molecule has 6 nitrogen and oxygen atoms in total. The zero-order valence-corrected chi connectivity index (χ0v) is 14.4. The molecule has 4 rings (SSSR count). The second-order valence-corrected chi connectivity index (χ2v) is 6.67. The second kappa shape index (κ2) is 5.26. The molecule has 0 amide bonds. The van der Waals surface area contributed by atoms with Crippen molar-refractivity contribution in [2.75, 3.05) is 0 Å². The molecule has 3 aromatic heterocycles. The van der Waals surface area contributed by atoms with E-state index in [0.29, 0.717) is 10.7 Å². The van der Waals surface area contributed by atoms with E-state index in [0.717, 1.165) is 46.8 Å². The Morgan fingerprint density at radius 1 is 1.39 bits per heavy atom. The van der Waals surface area contributed by atoms with Gasteiger partial charge in [-0.2, -0.15) is 10.2 Å². The molecule has 0 spiro atoms. The Morgan fingerprint density at radius 3 is 2.87 bits per heavy atom. The fourth-order valence-electron chi connectivity index (χ4n) is 3.18. The maximum Gasteiger partial charge on any atom is 0.195 e. The summed E-state index contributed by atoms with van der Waals surface area (Å²) in [7, 11) is 1.95. The number of pyridine rings is 1. The highest BCUT2D eigenvalue weighted by molar-refractivity contribution is 7.71. The number of aromatic nitrogens is 6. The lowest BCUT2D eigenvalue weighted by atomic mass is 10.1. The third kappa shape index (κ3) is 2.30. The van der Waals surface area contributed by atoms with Gasteiger partial charge in [-0.3, -0.25) is 9.78 Å². The fourth-order valence-corrected chi connectivity index (χ4v) is 3.41. The van der Waals surface area contributed by atoms with E-state index < -0.39 is 0 Å². The summed E-state index contributed by atoms with van der Waals surface area (Å²) in [6, 6.07) is 2.19. The van der Waals surface area contributed by atoms with Crippen LogP contribution in [0.2, 0.25) is 0 Å². The van der Waals surface area contributed by atoms with E-state index in [-0.39, 0.29) is 0 Å². The van der Waals surface area contributed by atoms with Crippen LogP contribution in [0.4, 0.5) is 0 Å². The molecule has 1 aliphatic carbocycles. The number of H-pyrrole nitrogens is 1. The number of aryl methyl sites for hydroxylation is 2. The molecule has 0 bridgehead atoms. The Morgan fingerprint density at radius 2 is 2.17 bits per heavy atom. The predicted octanol–water partition coefficient (Wildman–Crippen LogP) is 3.49. The summed E-state index contributed by atoms with van der Waals surface area (Å²) in [6.07, 6.45) is 3.45. The molecule has 1 fully saturated rings. The highest BCUT2D eigenvalue weighted by atomic mass is 32.1. The van der Waals surface area contributed by atoms with Gasteiger partial charge < -0.3 is 4.57 Å². The van der Waals surface area contributed by atoms with Gasteiger partial charge in [0.05, 0.1) is 11.1 Å². The van der Waals surface area contributed by atoms with Gasteiger partial charge in [-0.1, -0.05) is 6.92 Å². The predicted molar refractivity (Wildman–Crippen MR) is 91.9 cm³/mol. The molecule has 0 atom stereocenters. The van der Waals surface area contributed by atoms with Crippen molar-refractivity contribution in [3.05, 3.63) is 22.2 Å². The quantitative estimate of drug-likeness (QED) is 0.745. The van der Waals surface area contributed by atoms with Gasteiger partial charge in [-0.25, -0.2) is 4.98 Å². The maximum atomic E-state index is 5.40. The highest BCUT2D eigenvalue weighted by Crippen LogP contribution is 2.42. The van der Waals surface area contributed by atoms with Crippen molar-refractivity contribution in [1.29, 1.82) is 0 Å². The number of nitrogens with zero attached hydrogens (tertiary/aromatic N) is 5. The first-order valence-electron chi connectivity index (χ1n) is 8.10. The van der Waals surface area contributed by atoms with Crippen LogP contribution in [0.15, 0.2) is 6.07 Å². The Labute approximate surface area is 139 Å². The lowest BCUT2D eigenvalue weighted by molar-refractivity contribution is 0.675. The van der Waals surface area contributed by atoms with E-state index in [1.807, 2.05) is 18.7 Å². The van der Waals surface area contributed by atoms with Crippen LogP contribution < -0.4 is 0 Å². The van der Waals surface area contributed by atoms with Crippen molar-refractivity contribution in [2.24, 2.45) is 7.05 Å². The molecule has 23 heavy (non-hydrogen) atoms. The largest absolute Gasteiger partial charge is 0.300 e. The maximum absolute atomic E-state index is 5.40. The fraction of sp³-hybridized carbons (Fsp3) is 0.500. The average molecular weight is 328 g/mol. The summed E-state index contributed by atoms with van der Waals surface area (Å²) < 4.78 is 4.61. The minimum atomic E-state index is 0.579. The normalized spacial score (nSPS) is 14.7. The highest BCUT2D eigenvalue weighted by Gasteiger charge is 2.28. The van der Waals surface area contributed by atoms with E-state index in [1.54, 1.807) is 0 Å². The van der Waals surface area contributed by atoms with E-state index in [9.17, 15) is 0 Å². The van der Waals surface area contributed by atoms with Gasteiger partial charge in [0.25, 0.3) is 0 Å². The van der Waals surface area contributed by atoms with Crippen LogP contribution in [0.3, 0.4) is 0 Å². The van der Waals surface area contributed by atoms with Crippen molar-refractivity contribution in [3.63, 3.8) is 0 Å². The molecule has 0 aliphatic heterocycles. The number of aromatic amines is 1. The number of hydrogen-bond donors (Lipinski definition) is 1. The van der Waals surface area contributed by atoms with Crippen molar-refractivity contribution in [3.8, 4) is 11.4 Å². The van der Waals surface area contributed by atoms with Crippen LogP contribution in [0.5, 0.6) is 0 Å². The summed E-state index contributed by atoms with van der Waals surface area (Å²) >= 11 is 5.40. The monoisotopic (exact) mass is 328 g/mol. The number of nitrogens with one attached hydrogen (secondary N) is 1. The van der Waals surface area contributed by atoms with Gasteiger partial charge >= 0.3 is 0 Å². The van der Waals surface area contributed by atoms with Crippen LogP contribution in [0.25, 0.3) is 22.4 Å². The summed E-state index contributed by atoms with van der Waals surface area (Å²) in [5, 5.41) is 13.1. The number of rotatable bonds is 4. The molecule has 1 N–H and O–H groups in total. The van der Waals surface area contributed by atoms with E-state index in [1.165, 1.54) is 12.8 Å². The third-order valence-electron chi connectivity index (χ3n) is 4.43. The van der Waals surface area contributed by atoms with Crippen molar-refractivity contribution < 1.29 is 0 Å². The molecule has 120 valence electrons. The summed E-state index contributed by atoms with van der Waals surface area (Å²) in [6.45, 7) is 5.02. The molecule has 7 heteroatoms. The molecule has 1 aliphatic rings. The van der Waals surface area contributed by atoms with E-state index >= 15 is 0 Å². The Kier molecular flexibility index (Phi) is 3.33. The average Bonchev–Trinajstić information content (AvgIpc) is 3.26. The van der Waals surface area contributed by atoms with Crippen LogP contribution in [0.1, 0.15) is 43.5 Å². The smallest absolute Gasteiger partial charge is 0.195 e. The summed E-state index contributed by atoms with van der Waals surface area (Å²) in [5.74, 6) is 1.47. The number of fused-ring (bicyclic) bond motifs is 1. The van der Waals surface area contributed by atoms with Gasteiger partial charge in [0.2, 0.25) is 0 Å². The molecule has 0 radical (unpaired) electrons. The first kappa shape index (κ1) is 14.6. The zero-order valence-electron chi connectivity index (χ0n) is 13.6. The van der Waals surface area contributed by atoms with Crippen LogP contribution in [0, 0.1) is 11.7 Å². The van der Waals surface area contributed by atoms with E-state index in [2.05, 4.69) is 32.9 Å². The Hall–Kier alpha value is -2.02. The zero-order chi connectivity index (χ0) is 16.1. The summed E-state index contributed by atoms with van der Waals surface area (Å²) in [5.41, 5.74) is 4.14. The first-order valence-corrected chi connectivity index (χ1v) is 8.50. The minimum Gasteiger partial charge on any atom is -0.300 e. The standard InChI is InChI=1S/C16H20N6S/c1-4-7-22-14(18-19-16(22)23)11-8-12(10-5-6-10)17-15-13(11)9(2)20-21(15)3/h8,10H,4-7H2,1-3H3,(H,19,23). The van der Waals surface area contributed by atoms with E-state index in [4.69, 9.17) is 17.2 Å². The SMILES string of the molecule is CCCn1c(-c2cc(C3CC3)nc3c2c(C)nn3C)n[nH]c1=S. The van der Waals surface area contributed by atoms with Gasteiger partial charge in [-0.05, 0) is 44.5 Å². The first-order chi connectivity index (χ1) is 11.1. The minimum absolute atomic E-state index is 0.579. The van der Waals surface area contributed by atoms with Crippen molar-refractivity contribution in [1.82, 2.24) is 29.5 Å². The van der Waals surface area contributed by atoms with Gasteiger partial charge in [0, 0.05) is 30.8 Å². The molecular weight excluding hydrogens is 308 g/mol. The van der Waals surface area contributed by atoms with Crippen molar-refractivity contribution in [2.45, 2.75) is 45.6 Å². The molecular formula is C16H20N6S. The van der Waals surface area contributed by atoms with Gasteiger partial charge in [-0.15, -0.1) is 0 Å². The number of hydrogen-bond acceptors (Lipinski definition) is 4. The molecule has 0 aromatic carbocycles. The molecule has 0 unspecified atom stereocenters. The lowest BCUT2D eigenvalue weighted by Crippen LogP contribution is -2.02. The van der Waals surface area contributed by atoms with Gasteiger partial charge in [0.15, 0.2) is 16.2 Å². The third-order valence-corrected chi connectivity index (χ3v) is 4.74. The molecule has 1 saturated carbocycles. The van der Waals surface area contributed by atoms with Gasteiger partial charge in [0.1, 0.15) is 0 Å². The van der Waals surface area contributed by atoms with Crippen LogP contribution in [-0.2, 0) is 13.6 Å². The Balaban J connectivity index is 2.04. The lowest BCUT2D eigenvalue weighted by Gasteiger charge is -2.09. The topological polar surface area (TPSA) is 64.3 Å². The molecule has 0 saturated heterocycles.